The molecule has 1 aromatic carbocycles. The molecule has 0 aliphatic rings. The van der Waals surface area contributed by atoms with Gasteiger partial charge in [-0.1, -0.05) is 19.9 Å². The van der Waals surface area contributed by atoms with Crippen LogP contribution in [0.3, 0.4) is 0 Å². The SMILES string of the molecule is CC(C)CC(CO)NCC(=O)Nc1cccc(F)c1. The van der Waals surface area contributed by atoms with Crippen LogP contribution in [0.15, 0.2) is 24.3 Å². The van der Waals surface area contributed by atoms with Crippen LogP contribution in [0, 0.1) is 11.7 Å². The van der Waals surface area contributed by atoms with Crippen LogP contribution in [-0.2, 0) is 4.79 Å². The first-order valence-corrected chi connectivity index (χ1v) is 6.41. The van der Waals surface area contributed by atoms with Gasteiger partial charge in [0.05, 0.1) is 13.2 Å². The summed E-state index contributed by atoms with van der Waals surface area (Å²) in [4.78, 5) is 11.7. The number of carbonyl (C=O) groups excluding carboxylic acids is 1. The monoisotopic (exact) mass is 268 g/mol. The van der Waals surface area contributed by atoms with Crippen LogP contribution >= 0.6 is 0 Å². The van der Waals surface area contributed by atoms with E-state index >= 15 is 0 Å². The molecule has 0 aliphatic heterocycles. The summed E-state index contributed by atoms with van der Waals surface area (Å²) in [5.74, 6) is -0.206. The van der Waals surface area contributed by atoms with E-state index in [9.17, 15) is 14.3 Å². The summed E-state index contributed by atoms with van der Waals surface area (Å²) in [6, 6.07) is 5.64. The third-order valence-electron chi connectivity index (χ3n) is 2.64. The Morgan fingerprint density at radius 2 is 2.16 bits per heavy atom. The summed E-state index contributed by atoms with van der Waals surface area (Å²) in [5.41, 5.74) is 0.427. The minimum absolute atomic E-state index is 0.00851. The molecule has 5 heteroatoms. The van der Waals surface area contributed by atoms with Gasteiger partial charge in [-0.15, -0.1) is 0 Å². The van der Waals surface area contributed by atoms with Gasteiger partial charge in [0.25, 0.3) is 0 Å². The van der Waals surface area contributed by atoms with Crippen LogP contribution in [0.4, 0.5) is 10.1 Å². The van der Waals surface area contributed by atoms with Crippen LogP contribution in [0.1, 0.15) is 20.3 Å². The van der Waals surface area contributed by atoms with Gasteiger partial charge in [0, 0.05) is 11.7 Å². The van der Waals surface area contributed by atoms with Gasteiger partial charge in [-0.3, -0.25) is 4.79 Å². The van der Waals surface area contributed by atoms with Crippen LogP contribution in [-0.4, -0.2) is 30.2 Å². The van der Waals surface area contributed by atoms with Crippen molar-refractivity contribution in [2.24, 2.45) is 5.92 Å². The van der Waals surface area contributed by atoms with Crippen LogP contribution in [0.5, 0.6) is 0 Å². The molecule has 106 valence electrons. The van der Waals surface area contributed by atoms with Crippen molar-refractivity contribution in [3.05, 3.63) is 30.1 Å². The molecule has 3 N–H and O–H groups in total. The van der Waals surface area contributed by atoms with Gasteiger partial charge < -0.3 is 15.7 Å². The summed E-state index contributed by atoms with van der Waals surface area (Å²) < 4.78 is 12.9. The largest absolute Gasteiger partial charge is 0.395 e. The number of nitrogens with one attached hydrogen (secondary N) is 2. The molecule has 0 spiro atoms. The predicted molar refractivity (Wildman–Crippen MR) is 73.4 cm³/mol. The van der Waals surface area contributed by atoms with E-state index in [-0.39, 0.29) is 30.9 Å². The molecular weight excluding hydrogens is 247 g/mol. The molecule has 0 fully saturated rings. The van der Waals surface area contributed by atoms with Gasteiger partial charge in [0.1, 0.15) is 5.82 Å². The molecule has 0 radical (unpaired) electrons. The molecule has 19 heavy (non-hydrogen) atoms. The molecule has 0 heterocycles. The van der Waals surface area contributed by atoms with E-state index in [1.807, 2.05) is 0 Å². The van der Waals surface area contributed by atoms with Crippen molar-refractivity contribution < 1.29 is 14.3 Å². The summed E-state index contributed by atoms with van der Waals surface area (Å²) >= 11 is 0. The second kappa shape index (κ2) is 7.86. The van der Waals surface area contributed by atoms with Crippen LogP contribution < -0.4 is 10.6 Å². The van der Waals surface area contributed by atoms with E-state index in [1.165, 1.54) is 18.2 Å². The molecule has 1 rings (SSSR count). The Bertz CT molecular complexity index is 410. The first-order valence-electron chi connectivity index (χ1n) is 6.41. The Morgan fingerprint density at radius 1 is 1.42 bits per heavy atom. The molecule has 0 bridgehead atoms. The fraction of sp³-hybridized carbons (Fsp3) is 0.500. The van der Waals surface area contributed by atoms with E-state index in [0.717, 1.165) is 6.42 Å². The van der Waals surface area contributed by atoms with Crippen LogP contribution in [0.25, 0.3) is 0 Å². The molecule has 1 atom stereocenters. The zero-order chi connectivity index (χ0) is 14.3. The second-order valence-corrected chi connectivity index (χ2v) is 4.95. The Morgan fingerprint density at radius 3 is 2.74 bits per heavy atom. The standard InChI is InChI=1S/C14H21FN2O2/c1-10(2)6-13(9-18)16-8-14(19)17-12-5-3-4-11(15)7-12/h3-5,7,10,13,16,18H,6,8-9H2,1-2H3,(H,17,19). The van der Waals surface area contributed by atoms with E-state index < -0.39 is 0 Å². The normalized spacial score (nSPS) is 12.5. The Labute approximate surface area is 113 Å². The van der Waals surface area contributed by atoms with Crippen molar-refractivity contribution in [2.45, 2.75) is 26.3 Å². The van der Waals surface area contributed by atoms with E-state index in [1.54, 1.807) is 6.07 Å². The first kappa shape index (κ1) is 15.6. The fourth-order valence-electron chi connectivity index (χ4n) is 1.80. The lowest BCUT2D eigenvalue weighted by Gasteiger charge is -2.17. The van der Waals surface area contributed by atoms with E-state index in [0.29, 0.717) is 11.6 Å². The first-order chi connectivity index (χ1) is 9.01. The predicted octanol–water partition coefficient (Wildman–Crippen LogP) is 1.76. The molecule has 0 aromatic heterocycles. The van der Waals surface area contributed by atoms with Crippen molar-refractivity contribution in [3.8, 4) is 0 Å². The number of rotatable bonds is 7. The topological polar surface area (TPSA) is 61.4 Å². The average molecular weight is 268 g/mol. The lowest BCUT2D eigenvalue weighted by atomic mass is 10.0. The molecule has 1 unspecified atom stereocenters. The fourth-order valence-corrected chi connectivity index (χ4v) is 1.80. The zero-order valence-electron chi connectivity index (χ0n) is 11.3. The molecule has 1 amide bonds. The lowest BCUT2D eigenvalue weighted by molar-refractivity contribution is -0.115. The van der Waals surface area contributed by atoms with Crippen molar-refractivity contribution in [1.29, 1.82) is 0 Å². The quantitative estimate of drug-likeness (QED) is 0.706. The number of hydrogen-bond donors (Lipinski definition) is 3. The average Bonchev–Trinajstić information content (AvgIpc) is 2.34. The maximum atomic E-state index is 12.9. The van der Waals surface area contributed by atoms with Gasteiger partial charge in [-0.25, -0.2) is 4.39 Å². The number of amides is 1. The minimum Gasteiger partial charge on any atom is -0.395 e. The summed E-state index contributed by atoms with van der Waals surface area (Å²) in [5, 5.41) is 14.7. The van der Waals surface area contributed by atoms with Gasteiger partial charge >= 0.3 is 0 Å². The Kier molecular flexibility index (Phi) is 6.45. The Balaban J connectivity index is 2.38. The third-order valence-corrected chi connectivity index (χ3v) is 2.64. The van der Waals surface area contributed by atoms with Gasteiger partial charge in [0.2, 0.25) is 5.91 Å². The maximum Gasteiger partial charge on any atom is 0.238 e. The summed E-state index contributed by atoms with van der Waals surface area (Å²) in [6.45, 7) is 4.19. The summed E-state index contributed by atoms with van der Waals surface area (Å²) in [7, 11) is 0. The molecule has 0 saturated carbocycles. The summed E-state index contributed by atoms with van der Waals surface area (Å²) in [6.07, 6.45) is 0.795. The van der Waals surface area contributed by atoms with E-state index in [4.69, 9.17) is 0 Å². The number of aliphatic hydroxyl groups is 1. The highest BCUT2D eigenvalue weighted by Gasteiger charge is 2.11. The number of hydrogen-bond acceptors (Lipinski definition) is 3. The molecule has 4 nitrogen and oxygen atoms in total. The Hall–Kier alpha value is -1.46. The third kappa shape index (κ3) is 6.31. The number of carbonyl (C=O) groups is 1. The van der Waals surface area contributed by atoms with Crippen LogP contribution in [0.2, 0.25) is 0 Å². The second-order valence-electron chi connectivity index (χ2n) is 4.95. The molecule has 0 aliphatic carbocycles. The number of anilines is 1. The highest BCUT2D eigenvalue weighted by molar-refractivity contribution is 5.92. The van der Waals surface area contributed by atoms with Crippen molar-refractivity contribution in [3.63, 3.8) is 0 Å². The molecule has 1 aromatic rings. The maximum absolute atomic E-state index is 12.9. The number of halogens is 1. The molecular formula is C14H21FN2O2. The van der Waals surface area contributed by atoms with Gasteiger partial charge in [-0.05, 0) is 30.5 Å². The minimum atomic E-state index is -0.390. The van der Waals surface area contributed by atoms with E-state index in [2.05, 4.69) is 24.5 Å². The van der Waals surface area contributed by atoms with Gasteiger partial charge in [0.15, 0.2) is 0 Å². The smallest absolute Gasteiger partial charge is 0.238 e. The zero-order valence-corrected chi connectivity index (χ0v) is 11.3. The van der Waals surface area contributed by atoms with Gasteiger partial charge in [-0.2, -0.15) is 0 Å². The van der Waals surface area contributed by atoms with Crippen molar-refractivity contribution in [1.82, 2.24) is 5.32 Å². The highest BCUT2D eigenvalue weighted by Crippen LogP contribution is 2.08. The van der Waals surface area contributed by atoms with Crippen molar-refractivity contribution >= 4 is 11.6 Å². The lowest BCUT2D eigenvalue weighted by Crippen LogP contribution is -2.39. The van der Waals surface area contributed by atoms with Crippen molar-refractivity contribution in [2.75, 3.05) is 18.5 Å². The molecule has 0 saturated heterocycles. The number of aliphatic hydroxyl groups excluding tert-OH is 1. The highest BCUT2D eigenvalue weighted by atomic mass is 19.1. The number of benzene rings is 1.